The Labute approximate surface area is 94.5 Å². The Morgan fingerprint density at radius 1 is 1.31 bits per heavy atom. The molecule has 0 spiro atoms. The van der Waals surface area contributed by atoms with Crippen molar-refractivity contribution in [3.8, 4) is 0 Å². The highest BCUT2D eigenvalue weighted by atomic mass is 16.3. The lowest BCUT2D eigenvalue weighted by molar-refractivity contribution is 0.302. The second-order valence-electron chi connectivity index (χ2n) is 3.56. The highest BCUT2D eigenvalue weighted by molar-refractivity contribution is 5.91. The van der Waals surface area contributed by atoms with Crippen molar-refractivity contribution in [3.63, 3.8) is 0 Å². The molecule has 1 aromatic heterocycles. The quantitative estimate of drug-likeness (QED) is 0.842. The Kier molecular flexibility index (Phi) is 3.31. The van der Waals surface area contributed by atoms with E-state index in [9.17, 15) is 0 Å². The largest absolute Gasteiger partial charge is 0.395 e. The highest BCUT2D eigenvalue weighted by Crippen LogP contribution is 2.22. The number of aliphatic hydroxyl groups excluding tert-OH is 1. The first kappa shape index (κ1) is 10.8. The van der Waals surface area contributed by atoms with Crippen LogP contribution in [0.2, 0.25) is 0 Å². The van der Waals surface area contributed by atoms with Gasteiger partial charge in [0.1, 0.15) is 0 Å². The Hall–Kier alpha value is -1.68. The summed E-state index contributed by atoms with van der Waals surface area (Å²) >= 11 is 0. The zero-order valence-corrected chi connectivity index (χ0v) is 9.30. The van der Waals surface area contributed by atoms with Crippen LogP contribution < -0.4 is 4.90 Å². The average molecular weight is 217 g/mol. The molecular formula is C12H15N3O. The molecule has 16 heavy (non-hydrogen) atoms. The van der Waals surface area contributed by atoms with E-state index in [0.717, 1.165) is 23.1 Å². The molecular weight excluding hydrogens is 202 g/mol. The van der Waals surface area contributed by atoms with Gasteiger partial charge in [-0.25, -0.2) is 0 Å². The van der Waals surface area contributed by atoms with E-state index in [1.54, 1.807) is 6.20 Å². The zero-order chi connectivity index (χ0) is 11.4. The average Bonchev–Trinajstić information content (AvgIpc) is 2.35. The Bertz CT molecular complexity index is 467. The van der Waals surface area contributed by atoms with Crippen LogP contribution in [0.25, 0.3) is 10.8 Å². The van der Waals surface area contributed by atoms with E-state index in [0.29, 0.717) is 6.54 Å². The lowest BCUT2D eigenvalue weighted by Gasteiger charge is -2.21. The maximum atomic E-state index is 9.01. The molecule has 2 rings (SSSR count). The molecule has 1 aromatic carbocycles. The minimum atomic E-state index is 0.124. The standard InChI is InChI=1S/C12H15N3O/c1-2-15(7-8-16)12-11-6-4-3-5-10(11)9-13-14-12/h3-6,9,16H,2,7-8H2,1H3. The summed E-state index contributed by atoms with van der Waals surface area (Å²) in [5.74, 6) is 0.842. The maximum absolute atomic E-state index is 9.01. The SMILES string of the molecule is CCN(CCO)c1nncc2ccccc12. The molecule has 84 valence electrons. The van der Waals surface area contributed by atoms with Crippen LogP contribution in [0.4, 0.5) is 5.82 Å². The van der Waals surface area contributed by atoms with Gasteiger partial charge in [0.15, 0.2) is 5.82 Å². The minimum Gasteiger partial charge on any atom is -0.395 e. The smallest absolute Gasteiger partial charge is 0.159 e. The van der Waals surface area contributed by atoms with Crippen LogP contribution in [0.5, 0.6) is 0 Å². The van der Waals surface area contributed by atoms with Crippen LogP contribution in [-0.2, 0) is 0 Å². The molecule has 0 unspecified atom stereocenters. The number of anilines is 1. The number of rotatable bonds is 4. The van der Waals surface area contributed by atoms with Crippen molar-refractivity contribution in [2.45, 2.75) is 6.92 Å². The van der Waals surface area contributed by atoms with E-state index >= 15 is 0 Å². The van der Waals surface area contributed by atoms with Gasteiger partial charge >= 0.3 is 0 Å². The number of aromatic nitrogens is 2. The van der Waals surface area contributed by atoms with Gasteiger partial charge in [0.25, 0.3) is 0 Å². The first-order chi connectivity index (χ1) is 7.86. The first-order valence-electron chi connectivity index (χ1n) is 5.43. The Balaban J connectivity index is 2.50. The van der Waals surface area contributed by atoms with Crippen LogP contribution >= 0.6 is 0 Å². The molecule has 0 atom stereocenters. The molecule has 0 bridgehead atoms. The van der Waals surface area contributed by atoms with E-state index < -0.39 is 0 Å². The van der Waals surface area contributed by atoms with Gasteiger partial charge in [-0.3, -0.25) is 0 Å². The van der Waals surface area contributed by atoms with Gasteiger partial charge in [-0.1, -0.05) is 24.3 Å². The second kappa shape index (κ2) is 4.90. The molecule has 0 saturated carbocycles. The fourth-order valence-corrected chi connectivity index (χ4v) is 1.78. The first-order valence-corrected chi connectivity index (χ1v) is 5.43. The predicted molar refractivity (Wildman–Crippen MR) is 64.5 cm³/mol. The summed E-state index contributed by atoms with van der Waals surface area (Å²) in [4.78, 5) is 2.02. The van der Waals surface area contributed by atoms with E-state index in [-0.39, 0.29) is 6.61 Å². The fraction of sp³-hybridized carbons (Fsp3) is 0.333. The third-order valence-electron chi connectivity index (χ3n) is 2.60. The van der Waals surface area contributed by atoms with Crippen molar-refractivity contribution in [1.82, 2.24) is 10.2 Å². The molecule has 4 nitrogen and oxygen atoms in total. The summed E-state index contributed by atoms with van der Waals surface area (Å²) in [5.41, 5.74) is 0. The molecule has 0 amide bonds. The molecule has 1 heterocycles. The van der Waals surface area contributed by atoms with Crippen LogP contribution in [0.15, 0.2) is 30.5 Å². The van der Waals surface area contributed by atoms with Crippen molar-refractivity contribution in [2.75, 3.05) is 24.6 Å². The van der Waals surface area contributed by atoms with Gasteiger partial charge in [0, 0.05) is 23.9 Å². The van der Waals surface area contributed by atoms with Gasteiger partial charge in [-0.15, -0.1) is 5.10 Å². The van der Waals surface area contributed by atoms with Crippen molar-refractivity contribution in [1.29, 1.82) is 0 Å². The van der Waals surface area contributed by atoms with Crippen molar-refractivity contribution >= 4 is 16.6 Å². The van der Waals surface area contributed by atoms with Crippen molar-refractivity contribution < 1.29 is 5.11 Å². The summed E-state index contributed by atoms with van der Waals surface area (Å²) < 4.78 is 0. The van der Waals surface area contributed by atoms with Crippen LogP contribution in [0.3, 0.4) is 0 Å². The topological polar surface area (TPSA) is 49.2 Å². The lowest BCUT2D eigenvalue weighted by atomic mass is 10.2. The number of hydrogen-bond acceptors (Lipinski definition) is 4. The predicted octanol–water partition coefficient (Wildman–Crippen LogP) is 1.45. The van der Waals surface area contributed by atoms with Gasteiger partial charge in [-0.2, -0.15) is 5.10 Å². The van der Waals surface area contributed by atoms with Gasteiger partial charge in [0.2, 0.25) is 0 Å². The third kappa shape index (κ3) is 1.97. The Morgan fingerprint density at radius 2 is 2.12 bits per heavy atom. The van der Waals surface area contributed by atoms with Crippen molar-refractivity contribution in [3.05, 3.63) is 30.5 Å². The molecule has 0 aliphatic carbocycles. The maximum Gasteiger partial charge on any atom is 0.159 e. The van der Waals surface area contributed by atoms with E-state index in [4.69, 9.17) is 5.11 Å². The van der Waals surface area contributed by atoms with E-state index in [2.05, 4.69) is 10.2 Å². The van der Waals surface area contributed by atoms with Crippen LogP contribution in [-0.4, -0.2) is 35.0 Å². The minimum absolute atomic E-state index is 0.124. The number of nitrogens with zero attached hydrogens (tertiary/aromatic N) is 3. The molecule has 4 heteroatoms. The van der Waals surface area contributed by atoms with Crippen molar-refractivity contribution in [2.24, 2.45) is 0 Å². The molecule has 1 N–H and O–H groups in total. The third-order valence-corrected chi connectivity index (χ3v) is 2.60. The molecule has 0 saturated heterocycles. The molecule has 0 aliphatic rings. The number of aliphatic hydroxyl groups is 1. The fourth-order valence-electron chi connectivity index (χ4n) is 1.78. The van der Waals surface area contributed by atoms with Crippen LogP contribution in [0.1, 0.15) is 6.92 Å². The molecule has 0 fully saturated rings. The van der Waals surface area contributed by atoms with Gasteiger partial charge in [0.05, 0.1) is 12.8 Å². The number of hydrogen-bond donors (Lipinski definition) is 1. The Morgan fingerprint density at radius 3 is 2.88 bits per heavy atom. The number of fused-ring (bicyclic) bond motifs is 1. The normalized spacial score (nSPS) is 10.6. The monoisotopic (exact) mass is 217 g/mol. The molecule has 2 aromatic rings. The summed E-state index contributed by atoms with van der Waals surface area (Å²) in [7, 11) is 0. The summed E-state index contributed by atoms with van der Waals surface area (Å²) in [6.45, 7) is 3.56. The highest BCUT2D eigenvalue weighted by Gasteiger charge is 2.09. The molecule has 0 aliphatic heterocycles. The number of likely N-dealkylation sites (N-methyl/N-ethyl adjacent to an activating group) is 1. The summed E-state index contributed by atoms with van der Waals surface area (Å²) in [6.07, 6.45) is 1.76. The summed E-state index contributed by atoms with van der Waals surface area (Å²) in [5, 5.41) is 19.3. The molecule has 0 radical (unpaired) electrons. The van der Waals surface area contributed by atoms with Gasteiger partial charge in [-0.05, 0) is 6.92 Å². The summed E-state index contributed by atoms with van der Waals surface area (Å²) in [6, 6.07) is 8.01. The van der Waals surface area contributed by atoms with E-state index in [1.807, 2.05) is 36.1 Å². The second-order valence-corrected chi connectivity index (χ2v) is 3.56. The lowest BCUT2D eigenvalue weighted by Crippen LogP contribution is -2.27. The van der Waals surface area contributed by atoms with Crippen LogP contribution in [0, 0.1) is 0 Å². The number of benzene rings is 1. The van der Waals surface area contributed by atoms with Gasteiger partial charge < -0.3 is 10.0 Å². The van der Waals surface area contributed by atoms with E-state index in [1.165, 1.54) is 0 Å². The zero-order valence-electron chi connectivity index (χ0n) is 9.30.